The predicted molar refractivity (Wildman–Crippen MR) is 82.2 cm³/mol. The lowest BCUT2D eigenvalue weighted by molar-refractivity contribution is -0.163. The first-order chi connectivity index (χ1) is 11.5. The standard InChI is InChI=1S/C17H20FNO5/c18-12-4-1-2-5-13(12)24-17(16(21)22)7-9-19(10-8-17)15(20)14-6-3-11-23-14/h1-2,4-5,14H,3,6-11H2,(H,21,22)/t14-/m1/s1. The van der Waals surface area contributed by atoms with Crippen LogP contribution in [0.25, 0.3) is 0 Å². The number of hydrogen-bond donors (Lipinski definition) is 1. The van der Waals surface area contributed by atoms with Crippen LogP contribution < -0.4 is 4.74 Å². The van der Waals surface area contributed by atoms with Gasteiger partial charge in [-0.1, -0.05) is 12.1 Å². The van der Waals surface area contributed by atoms with Gasteiger partial charge in [0.25, 0.3) is 5.91 Å². The number of nitrogens with zero attached hydrogens (tertiary/aromatic N) is 1. The van der Waals surface area contributed by atoms with Crippen LogP contribution in [0.4, 0.5) is 4.39 Å². The van der Waals surface area contributed by atoms with Crippen molar-refractivity contribution in [2.45, 2.75) is 37.4 Å². The number of piperidine rings is 1. The van der Waals surface area contributed by atoms with Gasteiger partial charge in [0.15, 0.2) is 11.6 Å². The zero-order chi connectivity index (χ0) is 17.2. The molecule has 0 unspecified atom stereocenters. The third-order valence-electron chi connectivity index (χ3n) is 4.62. The smallest absolute Gasteiger partial charge is 0.348 e. The molecule has 0 aliphatic carbocycles. The van der Waals surface area contributed by atoms with E-state index in [4.69, 9.17) is 9.47 Å². The maximum atomic E-state index is 13.8. The van der Waals surface area contributed by atoms with Gasteiger partial charge in [-0.15, -0.1) is 0 Å². The molecule has 130 valence electrons. The first-order valence-electron chi connectivity index (χ1n) is 8.09. The zero-order valence-corrected chi connectivity index (χ0v) is 13.2. The minimum Gasteiger partial charge on any atom is -0.478 e. The summed E-state index contributed by atoms with van der Waals surface area (Å²) in [6.07, 6.45) is 1.35. The Balaban J connectivity index is 1.69. The van der Waals surface area contributed by atoms with Crippen molar-refractivity contribution >= 4 is 11.9 Å². The molecule has 2 aliphatic rings. The highest BCUT2D eigenvalue weighted by atomic mass is 19.1. The van der Waals surface area contributed by atoms with E-state index in [1.807, 2.05) is 0 Å². The SMILES string of the molecule is O=C([C@H]1CCCO1)N1CCC(Oc2ccccc2F)(C(=O)O)CC1. The Morgan fingerprint density at radius 3 is 2.58 bits per heavy atom. The zero-order valence-electron chi connectivity index (χ0n) is 13.2. The normalized spacial score (nSPS) is 23.0. The number of carboxylic acids is 1. The number of rotatable bonds is 4. The van der Waals surface area contributed by atoms with E-state index in [9.17, 15) is 19.1 Å². The van der Waals surface area contributed by atoms with Crippen molar-refractivity contribution < 1.29 is 28.6 Å². The van der Waals surface area contributed by atoms with E-state index in [-0.39, 0.29) is 37.6 Å². The fourth-order valence-electron chi connectivity index (χ4n) is 3.16. The number of para-hydroxylation sites is 1. The first kappa shape index (κ1) is 16.7. The van der Waals surface area contributed by atoms with Crippen LogP contribution >= 0.6 is 0 Å². The number of carbonyl (C=O) groups is 2. The number of carboxylic acid groups (broad SMARTS) is 1. The molecule has 7 heteroatoms. The number of amides is 1. The Morgan fingerprint density at radius 2 is 2.00 bits per heavy atom. The van der Waals surface area contributed by atoms with Gasteiger partial charge in [-0.25, -0.2) is 9.18 Å². The lowest BCUT2D eigenvalue weighted by atomic mass is 9.90. The van der Waals surface area contributed by atoms with E-state index in [1.54, 1.807) is 11.0 Å². The minimum absolute atomic E-state index is 0.0844. The number of aliphatic carboxylic acids is 1. The van der Waals surface area contributed by atoms with Crippen LogP contribution in [-0.2, 0) is 14.3 Å². The second kappa shape index (κ2) is 6.76. The number of ether oxygens (including phenoxy) is 2. The molecule has 2 saturated heterocycles. The summed E-state index contributed by atoms with van der Waals surface area (Å²) in [5.74, 6) is -1.93. The maximum absolute atomic E-state index is 13.8. The Labute approximate surface area is 139 Å². The maximum Gasteiger partial charge on any atom is 0.348 e. The Morgan fingerprint density at radius 1 is 1.29 bits per heavy atom. The van der Waals surface area contributed by atoms with Gasteiger partial charge in [-0.3, -0.25) is 4.79 Å². The summed E-state index contributed by atoms with van der Waals surface area (Å²) < 4.78 is 24.7. The number of hydrogen-bond acceptors (Lipinski definition) is 4. The number of carbonyl (C=O) groups excluding carboxylic acids is 1. The molecule has 1 aromatic carbocycles. The summed E-state index contributed by atoms with van der Waals surface area (Å²) in [7, 11) is 0. The molecule has 2 heterocycles. The molecular weight excluding hydrogens is 317 g/mol. The van der Waals surface area contributed by atoms with Crippen LogP contribution in [0, 0.1) is 5.82 Å². The van der Waals surface area contributed by atoms with Crippen LogP contribution in [0.15, 0.2) is 24.3 Å². The van der Waals surface area contributed by atoms with E-state index in [2.05, 4.69) is 0 Å². The van der Waals surface area contributed by atoms with Crippen molar-refractivity contribution in [3.05, 3.63) is 30.1 Å². The van der Waals surface area contributed by atoms with Crippen molar-refractivity contribution in [3.8, 4) is 5.75 Å². The predicted octanol–water partition coefficient (Wildman–Crippen LogP) is 1.83. The highest BCUT2D eigenvalue weighted by Crippen LogP contribution is 2.31. The minimum atomic E-state index is -1.52. The second-order valence-corrected chi connectivity index (χ2v) is 6.16. The van der Waals surface area contributed by atoms with Gasteiger partial charge in [0, 0.05) is 32.5 Å². The Hall–Kier alpha value is -2.15. The van der Waals surface area contributed by atoms with Crippen molar-refractivity contribution in [1.82, 2.24) is 4.90 Å². The fourth-order valence-corrected chi connectivity index (χ4v) is 3.16. The number of benzene rings is 1. The van der Waals surface area contributed by atoms with Crippen LogP contribution in [-0.4, -0.2) is 53.3 Å². The summed E-state index contributed by atoms with van der Waals surface area (Å²) in [4.78, 5) is 25.7. The summed E-state index contributed by atoms with van der Waals surface area (Å²) >= 11 is 0. The molecule has 1 N–H and O–H groups in total. The lowest BCUT2D eigenvalue weighted by Gasteiger charge is -2.39. The Kier molecular flexibility index (Phi) is 4.71. The van der Waals surface area contributed by atoms with Gasteiger partial charge >= 0.3 is 5.97 Å². The van der Waals surface area contributed by atoms with Crippen molar-refractivity contribution in [2.24, 2.45) is 0 Å². The molecule has 2 fully saturated rings. The molecule has 3 rings (SSSR count). The summed E-state index contributed by atoms with van der Waals surface area (Å²) in [6.45, 7) is 1.08. The molecule has 1 atom stereocenters. The summed E-state index contributed by atoms with van der Waals surface area (Å²) in [5.41, 5.74) is -1.52. The van der Waals surface area contributed by atoms with Crippen LogP contribution in [0.5, 0.6) is 5.75 Å². The summed E-state index contributed by atoms with van der Waals surface area (Å²) in [6, 6.07) is 5.73. The molecule has 0 radical (unpaired) electrons. The number of likely N-dealkylation sites (tertiary alicyclic amines) is 1. The second-order valence-electron chi connectivity index (χ2n) is 6.16. The molecule has 0 spiro atoms. The van der Waals surface area contributed by atoms with Crippen LogP contribution in [0.3, 0.4) is 0 Å². The van der Waals surface area contributed by atoms with Gasteiger partial charge in [0.2, 0.25) is 5.60 Å². The van der Waals surface area contributed by atoms with Crippen LogP contribution in [0.2, 0.25) is 0 Å². The van der Waals surface area contributed by atoms with Crippen LogP contribution in [0.1, 0.15) is 25.7 Å². The molecule has 1 aromatic rings. The third kappa shape index (κ3) is 3.21. The van der Waals surface area contributed by atoms with E-state index in [1.165, 1.54) is 18.2 Å². The van der Waals surface area contributed by atoms with E-state index in [0.717, 1.165) is 6.42 Å². The molecule has 0 aromatic heterocycles. The molecule has 2 aliphatic heterocycles. The van der Waals surface area contributed by atoms with Gasteiger partial charge in [0.05, 0.1) is 0 Å². The third-order valence-corrected chi connectivity index (χ3v) is 4.62. The van der Waals surface area contributed by atoms with Gasteiger partial charge in [-0.2, -0.15) is 0 Å². The highest BCUT2D eigenvalue weighted by molar-refractivity contribution is 5.82. The first-order valence-corrected chi connectivity index (χ1v) is 8.09. The molecule has 24 heavy (non-hydrogen) atoms. The van der Waals surface area contributed by atoms with Crippen molar-refractivity contribution in [1.29, 1.82) is 0 Å². The lowest BCUT2D eigenvalue weighted by Crippen LogP contribution is -2.55. The van der Waals surface area contributed by atoms with E-state index in [0.29, 0.717) is 13.0 Å². The highest BCUT2D eigenvalue weighted by Gasteiger charge is 2.46. The molecule has 6 nitrogen and oxygen atoms in total. The molecule has 0 bridgehead atoms. The molecule has 0 saturated carbocycles. The Bertz CT molecular complexity index is 621. The van der Waals surface area contributed by atoms with Gasteiger partial charge in [0.1, 0.15) is 6.10 Å². The average molecular weight is 337 g/mol. The largest absolute Gasteiger partial charge is 0.478 e. The summed E-state index contributed by atoms with van der Waals surface area (Å²) in [5, 5.41) is 9.60. The topological polar surface area (TPSA) is 76.1 Å². The van der Waals surface area contributed by atoms with Gasteiger partial charge in [-0.05, 0) is 25.0 Å². The van der Waals surface area contributed by atoms with Gasteiger partial charge < -0.3 is 19.5 Å². The van der Waals surface area contributed by atoms with E-state index >= 15 is 0 Å². The molecule has 1 amide bonds. The van der Waals surface area contributed by atoms with Crippen molar-refractivity contribution in [3.63, 3.8) is 0 Å². The molecular formula is C17H20FNO5. The van der Waals surface area contributed by atoms with Crippen molar-refractivity contribution in [2.75, 3.05) is 19.7 Å². The van der Waals surface area contributed by atoms with E-state index < -0.39 is 23.5 Å². The average Bonchev–Trinajstić information content (AvgIpc) is 3.11. The number of halogens is 1. The quantitative estimate of drug-likeness (QED) is 0.907. The fraction of sp³-hybridized carbons (Fsp3) is 0.529. The monoisotopic (exact) mass is 337 g/mol.